The van der Waals surface area contributed by atoms with E-state index in [2.05, 4.69) is 10.6 Å². The highest BCUT2D eigenvalue weighted by molar-refractivity contribution is 6.32. The third-order valence-electron chi connectivity index (χ3n) is 7.15. The minimum atomic E-state index is -0.512. The second-order valence-corrected chi connectivity index (χ2v) is 9.82. The number of fused-ring (bicyclic) bond motifs is 1. The molecule has 0 fully saturated rings. The van der Waals surface area contributed by atoms with Crippen LogP contribution in [0.2, 0.25) is 5.02 Å². The quantitative estimate of drug-likeness (QED) is 0.309. The summed E-state index contributed by atoms with van der Waals surface area (Å²) in [5.74, 6) is 1.61. The molecule has 0 saturated carbocycles. The van der Waals surface area contributed by atoms with Crippen LogP contribution in [0.25, 0.3) is 0 Å². The zero-order valence-corrected chi connectivity index (χ0v) is 23.0. The van der Waals surface area contributed by atoms with E-state index in [-0.39, 0.29) is 34.6 Å². The molecule has 5 rings (SSSR count). The van der Waals surface area contributed by atoms with Gasteiger partial charge >= 0.3 is 0 Å². The number of halogens is 1. The van der Waals surface area contributed by atoms with Crippen LogP contribution in [0.1, 0.15) is 42.9 Å². The van der Waals surface area contributed by atoms with Gasteiger partial charge in [0.05, 0.1) is 50.4 Å². The van der Waals surface area contributed by atoms with Crippen LogP contribution >= 0.6 is 11.6 Å². The largest absolute Gasteiger partial charge is 0.503 e. The monoisotopic (exact) mass is 550 g/mol. The number of anilines is 2. The molecule has 2 aliphatic rings. The Labute approximate surface area is 232 Å². The smallest absolute Gasteiger partial charge is 0.203 e. The lowest BCUT2D eigenvalue weighted by Crippen LogP contribution is -2.27. The van der Waals surface area contributed by atoms with Gasteiger partial charge in [0.1, 0.15) is 0 Å². The van der Waals surface area contributed by atoms with Crippen molar-refractivity contribution in [1.82, 2.24) is 0 Å². The number of hydrogen-bond donors (Lipinski definition) is 3. The van der Waals surface area contributed by atoms with Crippen LogP contribution in [-0.2, 0) is 4.79 Å². The highest BCUT2D eigenvalue weighted by Crippen LogP contribution is 2.48. The van der Waals surface area contributed by atoms with E-state index in [9.17, 15) is 9.90 Å². The zero-order chi connectivity index (χ0) is 27.7. The number of ketones is 1. The van der Waals surface area contributed by atoms with Gasteiger partial charge in [-0.15, -0.1) is 0 Å². The van der Waals surface area contributed by atoms with Crippen molar-refractivity contribution < 1.29 is 28.8 Å². The van der Waals surface area contributed by atoms with E-state index in [0.29, 0.717) is 41.4 Å². The number of allylic oxidation sites excluding steroid dienone is 1. The van der Waals surface area contributed by atoms with Crippen LogP contribution in [0.5, 0.6) is 28.7 Å². The van der Waals surface area contributed by atoms with Crippen molar-refractivity contribution in [1.29, 1.82) is 0 Å². The number of rotatable bonds is 7. The number of carbonyl (C=O) groups excluding carboxylic acids is 1. The molecule has 3 aromatic carbocycles. The predicted molar refractivity (Wildman–Crippen MR) is 151 cm³/mol. The lowest BCUT2D eigenvalue weighted by Gasteiger charge is -2.30. The van der Waals surface area contributed by atoms with Gasteiger partial charge in [-0.3, -0.25) is 4.79 Å². The SMILES string of the molecule is CCOc1cc([C@H]2Nc3ccccc3NC3=C2C(=O)C[C@H](c2cc(OC)c(OC)c(OC)c2)C3)cc(Cl)c1O. The number of Topliss-reactive ketones (excluding diaryl/α,β-unsaturated/α-hetero) is 1. The molecule has 39 heavy (non-hydrogen) atoms. The Bertz CT molecular complexity index is 1430. The van der Waals surface area contributed by atoms with Crippen molar-refractivity contribution in [2.45, 2.75) is 31.7 Å². The van der Waals surface area contributed by atoms with Gasteiger partial charge in [0.25, 0.3) is 0 Å². The number of nitrogens with one attached hydrogen (secondary N) is 2. The summed E-state index contributed by atoms with van der Waals surface area (Å²) in [6, 6.07) is 14.5. The maximum atomic E-state index is 14.0. The molecule has 0 aromatic heterocycles. The molecule has 1 heterocycles. The normalized spacial score (nSPS) is 18.2. The molecule has 0 radical (unpaired) electrons. The van der Waals surface area contributed by atoms with Gasteiger partial charge in [0.2, 0.25) is 5.75 Å². The number of phenolic OH excluding ortho intramolecular Hbond substituents is 1. The van der Waals surface area contributed by atoms with E-state index >= 15 is 0 Å². The second-order valence-electron chi connectivity index (χ2n) is 9.41. The Morgan fingerprint density at radius 3 is 2.23 bits per heavy atom. The molecule has 3 aromatic rings. The Morgan fingerprint density at radius 2 is 1.59 bits per heavy atom. The Kier molecular flexibility index (Phi) is 7.48. The maximum Gasteiger partial charge on any atom is 0.203 e. The van der Waals surface area contributed by atoms with E-state index in [4.69, 9.17) is 30.5 Å². The highest BCUT2D eigenvalue weighted by Gasteiger charge is 2.37. The van der Waals surface area contributed by atoms with E-state index in [1.807, 2.05) is 43.3 Å². The zero-order valence-electron chi connectivity index (χ0n) is 22.3. The first-order chi connectivity index (χ1) is 18.9. The van der Waals surface area contributed by atoms with Crippen molar-refractivity contribution in [3.8, 4) is 28.7 Å². The third kappa shape index (κ3) is 4.92. The van der Waals surface area contributed by atoms with Gasteiger partial charge in [-0.25, -0.2) is 0 Å². The molecule has 1 aliphatic carbocycles. The van der Waals surface area contributed by atoms with Crippen LogP contribution in [0.3, 0.4) is 0 Å². The molecule has 204 valence electrons. The molecule has 1 aliphatic heterocycles. The molecule has 2 atom stereocenters. The summed E-state index contributed by atoms with van der Waals surface area (Å²) in [5.41, 5.74) is 4.78. The third-order valence-corrected chi connectivity index (χ3v) is 7.44. The number of hydrogen-bond acceptors (Lipinski definition) is 8. The number of carbonyl (C=O) groups is 1. The van der Waals surface area contributed by atoms with Crippen molar-refractivity contribution in [3.63, 3.8) is 0 Å². The summed E-state index contributed by atoms with van der Waals surface area (Å²) in [5, 5.41) is 17.7. The first-order valence-corrected chi connectivity index (χ1v) is 13.1. The second kappa shape index (κ2) is 11.0. The summed E-state index contributed by atoms with van der Waals surface area (Å²) in [6.07, 6.45) is 0.869. The van der Waals surface area contributed by atoms with Crippen LogP contribution in [0, 0.1) is 0 Å². The molecule has 0 bridgehead atoms. The lowest BCUT2D eigenvalue weighted by atomic mass is 9.78. The fourth-order valence-corrected chi connectivity index (χ4v) is 5.56. The van der Waals surface area contributed by atoms with Crippen molar-refractivity contribution >= 4 is 28.8 Å². The Balaban J connectivity index is 1.62. The van der Waals surface area contributed by atoms with E-state index in [1.165, 1.54) is 0 Å². The summed E-state index contributed by atoms with van der Waals surface area (Å²) >= 11 is 6.40. The van der Waals surface area contributed by atoms with Crippen LogP contribution < -0.4 is 29.6 Å². The van der Waals surface area contributed by atoms with Crippen LogP contribution in [0.15, 0.2) is 59.8 Å². The van der Waals surface area contributed by atoms with Gasteiger partial charge in [-0.05, 0) is 66.8 Å². The van der Waals surface area contributed by atoms with Crippen molar-refractivity contribution in [3.05, 3.63) is 76.0 Å². The molecule has 0 saturated heterocycles. The highest BCUT2D eigenvalue weighted by atomic mass is 35.5. The number of para-hydroxylation sites is 2. The van der Waals surface area contributed by atoms with Crippen molar-refractivity contribution in [2.75, 3.05) is 38.6 Å². The molecule has 0 spiro atoms. The fourth-order valence-electron chi connectivity index (χ4n) is 5.34. The first-order valence-electron chi connectivity index (χ1n) is 12.7. The number of aromatic hydroxyl groups is 1. The molecular weight excluding hydrogens is 520 g/mol. The maximum absolute atomic E-state index is 14.0. The average molecular weight is 551 g/mol. The summed E-state index contributed by atoms with van der Waals surface area (Å²) < 4.78 is 22.3. The van der Waals surface area contributed by atoms with E-state index in [0.717, 1.165) is 22.6 Å². The van der Waals surface area contributed by atoms with Gasteiger partial charge in [0, 0.05) is 17.7 Å². The van der Waals surface area contributed by atoms with Gasteiger partial charge in [-0.2, -0.15) is 0 Å². The summed E-state index contributed by atoms with van der Waals surface area (Å²) in [4.78, 5) is 14.0. The first kappa shape index (κ1) is 26.6. The number of phenols is 1. The standard InChI is InChI=1S/C30H31ClN2O6/c1-5-39-24-15-18(10-19(31)29(24)35)28-27-22(32-20-8-6-7-9-21(20)33-28)11-16(12-23(27)34)17-13-25(36-2)30(38-4)26(14-17)37-3/h6-10,13-16,28,32-33,35H,5,11-12H2,1-4H3/t16-,28-/m1/s1. The molecule has 3 N–H and O–H groups in total. The molecular formula is C30H31ClN2O6. The fraction of sp³-hybridized carbons (Fsp3) is 0.300. The molecule has 0 unspecified atom stereocenters. The summed E-state index contributed by atoms with van der Waals surface area (Å²) in [6.45, 7) is 2.19. The Morgan fingerprint density at radius 1 is 0.923 bits per heavy atom. The average Bonchev–Trinajstić information content (AvgIpc) is 3.11. The number of methoxy groups -OCH3 is 3. The van der Waals surface area contributed by atoms with E-state index in [1.54, 1.807) is 33.5 Å². The number of ether oxygens (including phenoxy) is 4. The Hall–Kier alpha value is -4.04. The topological polar surface area (TPSA) is 98.3 Å². The van der Waals surface area contributed by atoms with Gasteiger partial charge < -0.3 is 34.7 Å². The predicted octanol–water partition coefficient (Wildman–Crippen LogP) is 6.45. The van der Waals surface area contributed by atoms with Crippen LogP contribution in [-0.4, -0.2) is 38.8 Å². The van der Waals surface area contributed by atoms with Gasteiger partial charge in [-0.1, -0.05) is 23.7 Å². The minimum absolute atomic E-state index is 0.00466. The molecule has 8 nitrogen and oxygen atoms in total. The lowest BCUT2D eigenvalue weighted by molar-refractivity contribution is -0.116. The number of benzene rings is 3. The van der Waals surface area contributed by atoms with Gasteiger partial charge in [0.15, 0.2) is 28.8 Å². The van der Waals surface area contributed by atoms with E-state index < -0.39 is 6.04 Å². The minimum Gasteiger partial charge on any atom is -0.503 e. The molecule has 0 amide bonds. The van der Waals surface area contributed by atoms with Crippen LogP contribution in [0.4, 0.5) is 11.4 Å². The van der Waals surface area contributed by atoms with Crippen molar-refractivity contribution in [2.24, 2.45) is 0 Å². The molecule has 9 heteroatoms. The summed E-state index contributed by atoms with van der Waals surface area (Å²) in [7, 11) is 4.72.